The summed E-state index contributed by atoms with van der Waals surface area (Å²) in [6, 6.07) is 8.09. The van der Waals surface area contributed by atoms with Crippen molar-refractivity contribution in [1.29, 1.82) is 0 Å². The van der Waals surface area contributed by atoms with Crippen LogP contribution < -0.4 is 0 Å². The zero-order valence-corrected chi connectivity index (χ0v) is 9.52. The number of rotatable bonds is 0. The number of benzene rings is 1. The Balaban J connectivity index is 2.95. The van der Waals surface area contributed by atoms with E-state index in [0.29, 0.717) is 0 Å². The summed E-state index contributed by atoms with van der Waals surface area (Å²) in [5, 5.41) is 0.734. The molecule has 2 heteroatoms. The van der Waals surface area contributed by atoms with Crippen molar-refractivity contribution in [2.24, 2.45) is 0 Å². The second kappa shape index (κ2) is 4.78. The van der Waals surface area contributed by atoms with Gasteiger partial charge in [0.25, 0.3) is 0 Å². The zero-order chi connectivity index (χ0) is 8.10. The SMILES string of the molecule is BrCC#Cc1ccccc1I. The van der Waals surface area contributed by atoms with Gasteiger partial charge in [0.05, 0.1) is 5.33 Å². The van der Waals surface area contributed by atoms with E-state index < -0.39 is 0 Å². The molecule has 56 valence electrons. The van der Waals surface area contributed by atoms with Crippen molar-refractivity contribution >= 4 is 38.5 Å². The van der Waals surface area contributed by atoms with Gasteiger partial charge < -0.3 is 0 Å². The summed E-state index contributed by atoms with van der Waals surface area (Å²) in [6.07, 6.45) is 0. The first-order chi connectivity index (χ1) is 5.34. The molecule has 0 aliphatic carbocycles. The van der Waals surface area contributed by atoms with Gasteiger partial charge >= 0.3 is 0 Å². The highest BCUT2D eigenvalue weighted by atomic mass is 127. The van der Waals surface area contributed by atoms with Crippen LogP contribution in [0.4, 0.5) is 0 Å². The molecule has 0 spiro atoms. The van der Waals surface area contributed by atoms with Gasteiger partial charge in [0.1, 0.15) is 0 Å². The molecule has 0 saturated heterocycles. The molecule has 0 fully saturated rings. The third kappa shape index (κ3) is 2.84. The minimum Gasteiger partial charge on any atom is -0.0863 e. The van der Waals surface area contributed by atoms with Gasteiger partial charge in [0, 0.05) is 9.13 Å². The third-order valence-electron chi connectivity index (χ3n) is 1.16. The molecule has 0 bridgehead atoms. The summed E-state index contributed by atoms with van der Waals surface area (Å²) >= 11 is 5.54. The van der Waals surface area contributed by atoms with Gasteiger partial charge in [0.2, 0.25) is 0 Å². The molecule has 0 heterocycles. The van der Waals surface area contributed by atoms with Crippen molar-refractivity contribution in [2.75, 3.05) is 5.33 Å². The van der Waals surface area contributed by atoms with E-state index >= 15 is 0 Å². The van der Waals surface area contributed by atoms with Crippen LogP contribution in [0.5, 0.6) is 0 Å². The Morgan fingerprint density at radius 1 is 1.36 bits per heavy atom. The van der Waals surface area contributed by atoms with E-state index in [4.69, 9.17) is 0 Å². The van der Waals surface area contributed by atoms with Crippen LogP contribution in [0.3, 0.4) is 0 Å². The number of hydrogen-bond acceptors (Lipinski definition) is 0. The normalized spacial score (nSPS) is 8.55. The maximum absolute atomic E-state index is 3.26. The minimum absolute atomic E-state index is 0.734. The smallest absolute Gasteiger partial charge is 0.0649 e. The fourth-order valence-electron chi connectivity index (χ4n) is 0.691. The molecule has 0 N–H and O–H groups in total. The largest absolute Gasteiger partial charge is 0.0863 e. The van der Waals surface area contributed by atoms with Gasteiger partial charge in [-0.15, -0.1) is 0 Å². The Morgan fingerprint density at radius 2 is 2.09 bits per heavy atom. The molecular formula is C9H6BrI. The Kier molecular flexibility index (Phi) is 3.95. The first-order valence-electron chi connectivity index (χ1n) is 3.14. The van der Waals surface area contributed by atoms with Crippen molar-refractivity contribution in [3.8, 4) is 11.8 Å². The van der Waals surface area contributed by atoms with Gasteiger partial charge in [-0.25, -0.2) is 0 Å². The van der Waals surface area contributed by atoms with Crippen LogP contribution in [0.15, 0.2) is 24.3 Å². The van der Waals surface area contributed by atoms with Crippen LogP contribution in [-0.2, 0) is 0 Å². The summed E-state index contributed by atoms with van der Waals surface area (Å²) in [5.74, 6) is 6.03. The van der Waals surface area contributed by atoms with Gasteiger partial charge in [0.15, 0.2) is 0 Å². The Hall–Kier alpha value is -0.0100. The highest BCUT2D eigenvalue weighted by Crippen LogP contribution is 2.09. The fourth-order valence-corrected chi connectivity index (χ4v) is 1.35. The predicted octanol–water partition coefficient (Wildman–Crippen LogP) is 3.04. The van der Waals surface area contributed by atoms with E-state index in [1.807, 2.05) is 18.2 Å². The number of hydrogen-bond donors (Lipinski definition) is 0. The van der Waals surface area contributed by atoms with Crippen LogP contribution in [0.1, 0.15) is 5.56 Å². The average molecular weight is 321 g/mol. The van der Waals surface area contributed by atoms with E-state index in [0.717, 1.165) is 10.9 Å². The first-order valence-corrected chi connectivity index (χ1v) is 5.34. The lowest BCUT2D eigenvalue weighted by atomic mass is 10.2. The van der Waals surface area contributed by atoms with Crippen molar-refractivity contribution in [3.63, 3.8) is 0 Å². The molecule has 0 aliphatic heterocycles. The maximum atomic E-state index is 3.26. The van der Waals surface area contributed by atoms with Crippen LogP contribution in [0, 0.1) is 15.4 Å². The molecule has 0 aromatic heterocycles. The highest BCUT2D eigenvalue weighted by Gasteiger charge is 1.90. The summed E-state index contributed by atoms with van der Waals surface area (Å²) in [6.45, 7) is 0. The molecule has 0 atom stereocenters. The first kappa shape index (κ1) is 9.08. The zero-order valence-electron chi connectivity index (χ0n) is 5.77. The van der Waals surface area contributed by atoms with Crippen molar-refractivity contribution in [3.05, 3.63) is 33.4 Å². The van der Waals surface area contributed by atoms with Crippen LogP contribution in [0.25, 0.3) is 0 Å². The monoisotopic (exact) mass is 320 g/mol. The average Bonchev–Trinajstić information content (AvgIpc) is 2.03. The quantitative estimate of drug-likeness (QED) is 0.391. The topological polar surface area (TPSA) is 0 Å². The van der Waals surface area contributed by atoms with E-state index in [1.54, 1.807) is 0 Å². The second-order valence-corrected chi connectivity index (χ2v) is 3.64. The molecular weight excluding hydrogens is 315 g/mol. The molecule has 0 nitrogen and oxygen atoms in total. The van der Waals surface area contributed by atoms with E-state index in [1.165, 1.54) is 3.57 Å². The van der Waals surface area contributed by atoms with Crippen LogP contribution in [-0.4, -0.2) is 5.33 Å². The highest BCUT2D eigenvalue weighted by molar-refractivity contribution is 14.1. The van der Waals surface area contributed by atoms with Crippen LogP contribution in [0.2, 0.25) is 0 Å². The van der Waals surface area contributed by atoms with Crippen molar-refractivity contribution in [2.45, 2.75) is 0 Å². The lowest BCUT2D eigenvalue weighted by Crippen LogP contribution is -1.78. The molecule has 1 aromatic carbocycles. The standard InChI is InChI=1S/C9H6BrI/c10-7-3-5-8-4-1-2-6-9(8)11/h1-2,4,6H,7H2. The van der Waals surface area contributed by atoms with E-state index in [2.05, 4.69) is 56.4 Å². The maximum Gasteiger partial charge on any atom is 0.0649 e. The van der Waals surface area contributed by atoms with E-state index in [9.17, 15) is 0 Å². The van der Waals surface area contributed by atoms with Crippen LogP contribution >= 0.6 is 38.5 Å². The van der Waals surface area contributed by atoms with E-state index in [-0.39, 0.29) is 0 Å². The summed E-state index contributed by atoms with van der Waals surface area (Å²) < 4.78 is 1.21. The van der Waals surface area contributed by atoms with Crippen molar-refractivity contribution < 1.29 is 0 Å². The predicted molar refractivity (Wildman–Crippen MR) is 59.8 cm³/mol. The Labute approximate surface area is 88.7 Å². The van der Waals surface area contributed by atoms with Gasteiger partial charge in [-0.05, 0) is 34.7 Å². The van der Waals surface area contributed by atoms with Gasteiger partial charge in [-0.2, -0.15) is 0 Å². The lowest BCUT2D eigenvalue weighted by Gasteiger charge is -1.91. The molecule has 0 amide bonds. The van der Waals surface area contributed by atoms with Gasteiger partial charge in [-0.1, -0.05) is 39.9 Å². The van der Waals surface area contributed by atoms with Crippen molar-refractivity contribution in [1.82, 2.24) is 0 Å². The molecule has 0 radical (unpaired) electrons. The number of halogens is 2. The minimum atomic E-state index is 0.734. The third-order valence-corrected chi connectivity index (χ3v) is 2.38. The summed E-state index contributed by atoms with van der Waals surface area (Å²) in [5.41, 5.74) is 1.10. The lowest BCUT2D eigenvalue weighted by molar-refractivity contribution is 1.58. The molecule has 1 rings (SSSR count). The Bertz CT molecular complexity index is 296. The van der Waals surface area contributed by atoms with Gasteiger partial charge in [-0.3, -0.25) is 0 Å². The summed E-state index contributed by atoms with van der Waals surface area (Å²) in [7, 11) is 0. The molecule has 11 heavy (non-hydrogen) atoms. The molecule has 0 unspecified atom stereocenters. The summed E-state index contributed by atoms with van der Waals surface area (Å²) in [4.78, 5) is 0. The molecule has 0 aliphatic rings. The Morgan fingerprint density at radius 3 is 2.73 bits per heavy atom. The molecule has 0 saturated carbocycles. The molecule has 1 aromatic rings. The second-order valence-electron chi connectivity index (χ2n) is 1.92. The fraction of sp³-hybridized carbons (Fsp3) is 0.111. The number of alkyl halides is 1.